The molecule has 3 nitrogen and oxygen atoms in total. The fourth-order valence-corrected chi connectivity index (χ4v) is 8.08. The summed E-state index contributed by atoms with van der Waals surface area (Å²) in [6, 6.07) is 22.6. The maximum atomic E-state index is 9.87. The van der Waals surface area contributed by atoms with Crippen LogP contribution >= 0.6 is 7.26 Å². The SMILES string of the molecule is CC(C)(C)CCC[P+](c1ccc(O)cc1)(c1ccc(O)cc1)c1ccc(O)cc1. The van der Waals surface area contributed by atoms with Crippen LogP contribution in [-0.4, -0.2) is 21.5 Å². The van der Waals surface area contributed by atoms with Gasteiger partial charge in [-0.3, -0.25) is 0 Å². The highest BCUT2D eigenvalue weighted by atomic mass is 31.2. The molecular formula is C25H30O3P+. The molecule has 0 aliphatic heterocycles. The van der Waals surface area contributed by atoms with E-state index in [-0.39, 0.29) is 22.7 Å². The Balaban J connectivity index is 2.20. The van der Waals surface area contributed by atoms with E-state index in [1.165, 1.54) is 15.9 Å². The Morgan fingerprint density at radius 2 is 0.897 bits per heavy atom. The lowest BCUT2D eigenvalue weighted by atomic mass is 9.91. The van der Waals surface area contributed by atoms with Crippen molar-refractivity contribution in [3.05, 3.63) is 72.8 Å². The predicted molar refractivity (Wildman–Crippen MR) is 124 cm³/mol. The molecule has 0 spiro atoms. The van der Waals surface area contributed by atoms with Crippen LogP contribution in [0, 0.1) is 5.41 Å². The van der Waals surface area contributed by atoms with Crippen molar-refractivity contribution in [3.63, 3.8) is 0 Å². The van der Waals surface area contributed by atoms with Gasteiger partial charge in [-0.25, -0.2) is 0 Å². The molecule has 0 aromatic heterocycles. The van der Waals surface area contributed by atoms with Crippen molar-refractivity contribution in [1.82, 2.24) is 0 Å². The van der Waals surface area contributed by atoms with Gasteiger partial charge in [-0.2, -0.15) is 0 Å². The molecule has 29 heavy (non-hydrogen) atoms. The largest absolute Gasteiger partial charge is 0.508 e. The van der Waals surface area contributed by atoms with Crippen molar-refractivity contribution in [3.8, 4) is 17.2 Å². The van der Waals surface area contributed by atoms with Gasteiger partial charge in [-0.05, 0) is 91.1 Å². The van der Waals surface area contributed by atoms with Gasteiger partial charge in [0.25, 0.3) is 0 Å². The van der Waals surface area contributed by atoms with E-state index in [0.29, 0.717) is 0 Å². The van der Waals surface area contributed by atoms with E-state index < -0.39 is 7.26 Å². The van der Waals surface area contributed by atoms with Gasteiger partial charge in [-0.1, -0.05) is 20.8 Å². The minimum Gasteiger partial charge on any atom is -0.508 e. The van der Waals surface area contributed by atoms with Gasteiger partial charge in [-0.15, -0.1) is 0 Å². The van der Waals surface area contributed by atoms with Crippen LogP contribution in [0.4, 0.5) is 0 Å². The molecule has 0 amide bonds. The van der Waals surface area contributed by atoms with Gasteiger partial charge in [0.05, 0.1) is 6.16 Å². The normalized spacial score (nSPS) is 12.1. The zero-order chi connectivity index (χ0) is 21.1. The first-order chi connectivity index (χ1) is 13.7. The second-order valence-electron chi connectivity index (χ2n) is 8.75. The maximum Gasteiger partial charge on any atom is 0.115 e. The summed E-state index contributed by atoms with van der Waals surface area (Å²) in [5.41, 5.74) is 0.245. The van der Waals surface area contributed by atoms with E-state index in [1.54, 1.807) is 36.4 Å². The number of rotatable bonds is 6. The summed E-state index contributed by atoms with van der Waals surface area (Å²) in [5, 5.41) is 33.1. The highest BCUT2D eigenvalue weighted by Gasteiger charge is 2.45. The first-order valence-corrected chi connectivity index (χ1v) is 11.9. The Morgan fingerprint density at radius 3 is 1.17 bits per heavy atom. The van der Waals surface area contributed by atoms with Crippen LogP contribution in [0.5, 0.6) is 17.2 Å². The highest BCUT2D eigenvalue weighted by molar-refractivity contribution is 7.95. The predicted octanol–water partition coefficient (Wildman–Crippen LogP) is 4.92. The minimum absolute atomic E-state index is 0.245. The zero-order valence-corrected chi connectivity index (χ0v) is 18.2. The van der Waals surface area contributed by atoms with E-state index in [2.05, 4.69) is 20.8 Å². The van der Waals surface area contributed by atoms with Crippen LogP contribution in [-0.2, 0) is 0 Å². The van der Waals surface area contributed by atoms with Gasteiger partial charge in [0.1, 0.15) is 40.4 Å². The monoisotopic (exact) mass is 409 g/mol. The van der Waals surface area contributed by atoms with Crippen molar-refractivity contribution in [2.45, 2.75) is 33.6 Å². The molecule has 0 aliphatic rings. The van der Waals surface area contributed by atoms with E-state index in [1.807, 2.05) is 36.4 Å². The summed E-state index contributed by atoms with van der Waals surface area (Å²) < 4.78 is 0. The molecule has 4 heteroatoms. The zero-order valence-electron chi connectivity index (χ0n) is 17.3. The quantitative estimate of drug-likeness (QED) is 0.506. The number of phenols is 3. The molecule has 0 saturated carbocycles. The van der Waals surface area contributed by atoms with E-state index in [4.69, 9.17) is 0 Å². The van der Waals surface area contributed by atoms with E-state index in [9.17, 15) is 15.3 Å². The van der Waals surface area contributed by atoms with Crippen LogP contribution < -0.4 is 15.9 Å². The number of hydrogen-bond acceptors (Lipinski definition) is 3. The summed E-state index contributed by atoms with van der Waals surface area (Å²) >= 11 is 0. The third kappa shape index (κ3) is 4.92. The summed E-state index contributed by atoms with van der Waals surface area (Å²) in [6.07, 6.45) is 3.13. The fraction of sp³-hybridized carbons (Fsp3) is 0.280. The second kappa shape index (κ2) is 8.47. The first kappa shape index (κ1) is 21.2. The third-order valence-corrected chi connectivity index (χ3v) is 9.82. The summed E-state index contributed by atoms with van der Waals surface area (Å²) in [6.45, 7) is 6.78. The van der Waals surface area contributed by atoms with Gasteiger partial charge in [0.15, 0.2) is 0 Å². The summed E-state index contributed by atoms with van der Waals surface area (Å²) in [5.74, 6) is 0.744. The van der Waals surface area contributed by atoms with E-state index >= 15 is 0 Å². The Hall–Kier alpha value is -2.51. The Bertz CT molecular complexity index is 813. The van der Waals surface area contributed by atoms with Crippen LogP contribution in [0.3, 0.4) is 0 Å². The molecule has 0 fully saturated rings. The Labute approximate surface area is 174 Å². The average molecular weight is 409 g/mol. The standard InChI is InChI=1S/C25H29O3P/c1-25(2,3)17-4-18-29(22-11-5-19(26)6-12-22,23-13-7-20(27)8-14-23)24-15-9-21(28)10-16-24/h5-16H,4,17-18H2,1-3H3,(H2-,26,27,28)/p+1. The number of phenolic OH excluding ortho intramolecular Hbond substituents is 3. The summed E-state index contributed by atoms with van der Waals surface area (Å²) in [4.78, 5) is 0. The van der Waals surface area contributed by atoms with Crippen LogP contribution in [0.1, 0.15) is 33.6 Å². The molecule has 3 rings (SSSR count). The Kier molecular flexibility index (Phi) is 6.19. The lowest BCUT2D eigenvalue weighted by molar-refractivity contribution is 0.374. The van der Waals surface area contributed by atoms with Crippen LogP contribution in [0.15, 0.2) is 72.8 Å². The molecule has 0 heterocycles. The molecule has 3 aromatic rings. The third-order valence-electron chi connectivity index (χ3n) is 5.29. The van der Waals surface area contributed by atoms with E-state index in [0.717, 1.165) is 19.0 Å². The molecule has 0 atom stereocenters. The maximum absolute atomic E-state index is 9.87. The fourth-order valence-electron chi connectivity index (χ4n) is 3.80. The smallest absolute Gasteiger partial charge is 0.115 e. The molecule has 0 saturated heterocycles. The van der Waals surface area contributed by atoms with Crippen LogP contribution in [0.25, 0.3) is 0 Å². The van der Waals surface area contributed by atoms with Crippen molar-refractivity contribution >= 4 is 23.2 Å². The number of hydrogen-bond donors (Lipinski definition) is 3. The number of benzene rings is 3. The van der Waals surface area contributed by atoms with Crippen LogP contribution in [0.2, 0.25) is 0 Å². The molecule has 3 aromatic carbocycles. The minimum atomic E-state index is -2.03. The number of aromatic hydroxyl groups is 3. The first-order valence-electron chi connectivity index (χ1n) is 9.98. The van der Waals surface area contributed by atoms with Crippen molar-refractivity contribution in [2.24, 2.45) is 5.41 Å². The highest BCUT2D eigenvalue weighted by Crippen LogP contribution is 2.56. The Morgan fingerprint density at radius 1 is 0.586 bits per heavy atom. The molecule has 0 unspecified atom stereocenters. The summed E-state index contributed by atoms with van der Waals surface area (Å²) in [7, 11) is -2.03. The molecule has 3 N–H and O–H groups in total. The van der Waals surface area contributed by atoms with Gasteiger partial charge >= 0.3 is 0 Å². The molecule has 152 valence electrons. The van der Waals surface area contributed by atoms with Crippen molar-refractivity contribution < 1.29 is 15.3 Å². The average Bonchev–Trinajstić information content (AvgIpc) is 2.67. The van der Waals surface area contributed by atoms with Crippen molar-refractivity contribution in [1.29, 1.82) is 0 Å². The molecule has 0 bridgehead atoms. The topological polar surface area (TPSA) is 60.7 Å². The van der Waals surface area contributed by atoms with Gasteiger partial charge in [0, 0.05) is 0 Å². The van der Waals surface area contributed by atoms with Crippen molar-refractivity contribution in [2.75, 3.05) is 6.16 Å². The molecule has 0 aliphatic carbocycles. The van der Waals surface area contributed by atoms with Gasteiger partial charge < -0.3 is 15.3 Å². The lowest BCUT2D eigenvalue weighted by Gasteiger charge is -2.29. The lowest BCUT2D eigenvalue weighted by Crippen LogP contribution is -2.33. The second-order valence-corrected chi connectivity index (χ2v) is 12.4. The molecular weight excluding hydrogens is 379 g/mol. The van der Waals surface area contributed by atoms with Gasteiger partial charge in [0.2, 0.25) is 0 Å². The molecule has 0 radical (unpaired) electrons.